The average molecular weight is 454 g/mol. The first kappa shape index (κ1) is 27.5. The second kappa shape index (κ2) is 10.4. The molecule has 9 nitrogen and oxygen atoms in total. The van der Waals surface area contributed by atoms with Gasteiger partial charge in [0.1, 0.15) is 29.0 Å². The van der Waals surface area contributed by atoms with Crippen LogP contribution < -0.4 is 10.6 Å². The van der Waals surface area contributed by atoms with Gasteiger partial charge in [-0.05, 0) is 60.3 Å². The molecule has 32 heavy (non-hydrogen) atoms. The van der Waals surface area contributed by atoms with Gasteiger partial charge in [0.05, 0.1) is 0 Å². The van der Waals surface area contributed by atoms with E-state index in [1.165, 1.54) is 0 Å². The summed E-state index contributed by atoms with van der Waals surface area (Å²) in [7, 11) is 0. The van der Waals surface area contributed by atoms with Crippen molar-refractivity contribution in [1.29, 1.82) is 0 Å². The minimum atomic E-state index is -0.845. The lowest BCUT2D eigenvalue weighted by Crippen LogP contribution is -2.47. The molecule has 2 N–H and O–H groups in total. The summed E-state index contributed by atoms with van der Waals surface area (Å²) in [5, 5.41) is 5.45. The van der Waals surface area contributed by atoms with E-state index in [1.54, 1.807) is 48.5 Å². The van der Waals surface area contributed by atoms with Crippen molar-refractivity contribution in [3.8, 4) is 0 Å². The van der Waals surface area contributed by atoms with Gasteiger partial charge in [0.15, 0.2) is 5.69 Å². The SMILES string of the molecule is Cc1oc([C@@H](NC(=O)OC(C)(C)C)C(C)C)nc1C(=O)N[C@H](C(=O)OC(C)(C)C)C(C)C. The number of nitrogens with zero attached hydrogens (tertiary/aromatic N) is 1. The van der Waals surface area contributed by atoms with E-state index in [9.17, 15) is 14.4 Å². The molecule has 1 rings (SSSR count). The standard InChI is InChI=1S/C23H39N3O6/c1-12(2)15(26-21(29)32-23(9,10)11)19-25-17(14(5)30-19)18(27)24-16(13(3)4)20(28)31-22(6,7)8/h12-13,15-16H,1-11H3,(H,24,27)(H,26,29)/t15-,16-/m0/s1. The van der Waals surface area contributed by atoms with E-state index in [4.69, 9.17) is 13.9 Å². The van der Waals surface area contributed by atoms with Crippen LogP contribution in [0, 0.1) is 18.8 Å². The van der Waals surface area contributed by atoms with Crippen molar-refractivity contribution in [2.24, 2.45) is 11.8 Å². The third-order valence-corrected chi connectivity index (χ3v) is 4.25. The summed E-state index contributed by atoms with van der Waals surface area (Å²) in [6.45, 7) is 19.6. The Morgan fingerprint density at radius 1 is 0.875 bits per heavy atom. The number of aryl methyl sites for hydroxylation is 1. The number of amides is 2. The lowest BCUT2D eigenvalue weighted by molar-refractivity contribution is -0.158. The van der Waals surface area contributed by atoms with E-state index in [2.05, 4.69) is 15.6 Å². The number of esters is 1. The van der Waals surface area contributed by atoms with Gasteiger partial charge in [0.25, 0.3) is 5.91 Å². The molecule has 0 radical (unpaired) electrons. The summed E-state index contributed by atoms with van der Waals surface area (Å²) in [5.74, 6) is -0.886. The Kier molecular flexibility index (Phi) is 8.89. The average Bonchev–Trinajstić information content (AvgIpc) is 2.95. The van der Waals surface area contributed by atoms with Crippen LogP contribution >= 0.6 is 0 Å². The predicted molar refractivity (Wildman–Crippen MR) is 120 cm³/mol. The Morgan fingerprint density at radius 2 is 1.41 bits per heavy atom. The maximum absolute atomic E-state index is 12.9. The summed E-state index contributed by atoms with van der Waals surface area (Å²) in [6, 6.07) is -1.45. The molecule has 2 amide bonds. The predicted octanol–water partition coefficient (Wildman–Crippen LogP) is 4.30. The second-order valence-corrected chi connectivity index (χ2v) is 10.6. The summed E-state index contributed by atoms with van der Waals surface area (Å²) >= 11 is 0. The fourth-order valence-electron chi connectivity index (χ4n) is 2.78. The Morgan fingerprint density at radius 3 is 1.84 bits per heavy atom. The summed E-state index contributed by atoms with van der Waals surface area (Å²) < 4.78 is 16.5. The minimum absolute atomic E-state index is 0.0471. The number of ether oxygens (including phenoxy) is 2. The number of carbonyl (C=O) groups is 3. The Labute approximate surface area is 191 Å². The lowest BCUT2D eigenvalue weighted by atomic mass is 10.0. The van der Waals surface area contributed by atoms with E-state index in [0.29, 0.717) is 0 Å². The summed E-state index contributed by atoms with van der Waals surface area (Å²) in [4.78, 5) is 42.0. The van der Waals surface area contributed by atoms with Crippen LogP contribution in [0.25, 0.3) is 0 Å². The molecule has 0 fully saturated rings. The van der Waals surface area contributed by atoms with Gasteiger partial charge in [-0.25, -0.2) is 14.6 Å². The van der Waals surface area contributed by atoms with Gasteiger partial charge in [-0.1, -0.05) is 27.7 Å². The van der Waals surface area contributed by atoms with Gasteiger partial charge in [-0.3, -0.25) is 4.79 Å². The van der Waals surface area contributed by atoms with Crippen LogP contribution in [0.2, 0.25) is 0 Å². The molecular formula is C23H39N3O6. The molecule has 0 spiro atoms. The Balaban J connectivity index is 3.07. The van der Waals surface area contributed by atoms with Gasteiger partial charge in [0, 0.05) is 0 Å². The quantitative estimate of drug-likeness (QED) is 0.591. The number of oxazole rings is 1. The highest BCUT2D eigenvalue weighted by atomic mass is 16.6. The van der Waals surface area contributed by atoms with E-state index < -0.39 is 41.3 Å². The van der Waals surface area contributed by atoms with Crippen molar-refractivity contribution >= 4 is 18.0 Å². The Bertz CT molecular complexity index is 815. The Hall–Kier alpha value is -2.58. The van der Waals surface area contributed by atoms with Gasteiger partial charge in [0.2, 0.25) is 5.89 Å². The van der Waals surface area contributed by atoms with Crippen LogP contribution in [-0.2, 0) is 14.3 Å². The van der Waals surface area contributed by atoms with Crippen LogP contribution in [-0.4, -0.2) is 40.2 Å². The van der Waals surface area contributed by atoms with Crippen LogP contribution in [0.1, 0.15) is 97.4 Å². The molecule has 0 aliphatic rings. The largest absolute Gasteiger partial charge is 0.458 e. The van der Waals surface area contributed by atoms with Crippen LogP contribution in [0.4, 0.5) is 4.79 Å². The van der Waals surface area contributed by atoms with Crippen LogP contribution in [0.5, 0.6) is 0 Å². The number of hydrogen-bond acceptors (Lipinski definition) is 7. The number of rotatable bonds is 7. The molecule has 1 aromatic heterocycles. The van der Waals surface area contributed by atoms with E-state index >= 15 is 0 Å². The fraction of sp³-hybridized carbons (Fsp3) is 0.739. The van der Waals surface area contributed by atoms with Crippen molar-refractivity contribution in [3.05, 3.63) is 17.3 Å². The maximum atomic E-state index is 12.9. The zero-order chi connectivity index (χ0) is 25.0. The number of aromatic nitrogens is 1. The third kappa shape index (κ3) is 8.51. The zero-order valence-corrected chi connectivity index (χ0v) is 21.2. The third-order valence-electron chi connectivity index (χ3n) is 4.25. The molecule has 0 saturated heterocycles. The molecule has 0 bridgehead atoms. The molecule has 0 unspecified atom stereocenters. The molecule has 0 aliphatic heterocycles. The highest BCUT2D eigenvalue weighted by Crippen LogP contribution is 2.24. The number of carbonyl (C=O) groups excluding carboxylic acids is 3. The van der Waals surface area contributed by atoms with E-state index in [0.717, 1.165) is 0 Å². The van der Waals surface area contributed by atoms with E-state index in [-0.39, 0.29) is 29.2 Å². The van der Waals surface area contributed by atoms with Gasteiger partial charge in [-0.15, -0.1) is 0 Å². The molecule has 0 aromatic carbocycles. The van der Waals surface area contributed by atoms with Crippen LogP contribution in [0.3, 0.4) is 0 Å². The number of hydrogen-bond donors (Lipinski definition) is 2. The number of alkyl carbamates (subject to hydrolysis) is 1. The highest BCUT2D eigenvalue weighted by Gasteiger charge is 2.32. The minimum Gasteiger partial charge on any atom is -0.458 e. The molecule has 0 saturated carbocycles. The molecule has 9 heteroatoms. The molecule has 2 atom stereocenters. The smallest absolute Gasteiger partial charge is 0.408 e. The van der Waals surface area contributed by atoms with Gasteiger partial charge in [-0.2, -0.15) is 0 Å². The monoisotopic (exact) mass is 453 g/mol. The summed E-state index contributed by atoms with van der Waals surface area (Å²) in [6.07, 6.45) is -0.608. The topological polar surface area (TPSA) is 120 Å². The van der Waals surface area contributed by atoms with Crippen molar-refractivity contribution in [1.82, 2.24) is 15.6 Å². The normalized spacial score (nSPS) is 14.2. The zero-order valence-electron chi connectivity index (χ0n) is 21.2. The summed E-state index contributed by atoms with van der Waals surface area (Å²) in [5.41, 5.74) is -1.29. The van der Waals surface area contributed by atoms with Gasteiger partial charge >= 0.3 is 12.1 Å². The molecule has 1 aromatic rings. The number of nitrogens with one attached hydrogen (secondary N) is 2. The van der Waals surface area contributed by atoms with Crippen molar-refractivity contribution in [3.63, 3.8) is 0 Å². The first-order valence-corrected chi connectivity index (χ1v) is 10.9. The molecular weight excluding hydrogens is 414 g/mol. The highest BCUT2D eigenvalue weighted by molar-refractivity contribution is 5.96. The van der Waals surface area contributed by atoms with E-state index in [1.807, 2.05) is 27.7 Å². The first-order valence-electron chi connectivity index (χ1n) is 10.9. The second-order valence-electron chi connectivity index (χ2n) is 10.6. The lowest BCUT2D eigenvalue weighted by Gasteiger charge is -2.26. The molecule has 1 heterocycles. The molecule has 182 valence electrons. The van der Waals surface area contributed by atoms with Crippen molar-refractivity contribution < 1.29 is 28.3 Å². The first-order chi connectivity index (χ1) is 14.4. The molecule has 0 aliphatic carbocycles. The van der Waals surface area contributed by atoms with Crippen LogP contribution in [0.15, 0.2) is 4.42 Å². The van der Waals surface area contributed by atoms with Crippen molar-refractivity contribution in [2.75, 3.05) is 0 Å². The van der Waals surface area contributed by atoms with Gasteiger partial charge < -0.3 is 24.5 Å². The maximum Gasteiger partial charge on any atom is 0.408 e. The van der Waals surface area contributed by atoms with Crippen molar-refractivity contribution in [2.45, 2.75) is 99.4 Å². The fourth-order valence-corrected chi connectivity index (χ4v) is 2.78.